The number of furan rings is 1. The highest BCUT2D eigenvalue weighted by molar-refractivity contribution is 5.85. The van der Waals surface area contributed by atoms with Gasteiger partial charge in [-0.25, -0.2) is 0 Å². The van der Waals surface area contributed by atoms with Crippen LogP contribution in [0, 0.1) is 0 Å². The summed E-state index contributed by atoms with van der Waals surface area (Å²) in [5.74, 6) is 0.907. The van der Waals surface area contributed by atoms with E-state index in [2.05, 4.69) is 60.7 Å². The zero-order valence-corrected chi connectivity index (χ0v) is 12.6. The molecule has 0 aliphatic carbocycles. The molecule has 23 heavy (non-hydrogen) atoms. The lowest BCUT2D eigenvalue weighted by atomic mass is 10.1. The first kappa shape index (κ1) is 13.6. The molecule has 0 unspecified atom stereocenters. The number of hydrogen-bond acceptors (Lipinski definition) is 1. The van der Waals surface area contributed by atoms with Gasteiger partial charge in [-0.15, -0.1) is 0 Å². The van der Waals surface area contributed by atoms with Crippen LogP contribution in [0.2, 0.25) is 0 Å². The smallest absolute Gasteiger partial charge is 0.135 e. The third kappa shape index (κ3) is 2.95. The van der Waals surface area contributed by atoms with Crippen LogP contribution in [0.1, 0.15) is 11.1 Å². The molecule has 4 aromatic rings. The van der Waals surface area contributed by atoms with Gasteiger partial charge in [0.25, 0.3) is 0 Å². The normalized spacial score (nSPS) is 11.3. The molecule has 0 atom stereocenters. The molecule has 3 aromatic carbocycles. The third-order valence-corrected chi connectivity index (χ3v) is 3.87. The van der Waals surface area contributed by atoms with E-state index in [1.54, 1.807) is 0 Å². The van der Waals surface area contributed by atoms with Crippen LogP contribution in [0.15, 0.2) is 89.3 Å². The van der Waals surface area contributed by atoms with Crippen LogP contribution >= 0.6 is 0 Å². The summed E-state index contributed by atoms with van der Waals surface area (Å²) < 4.78 is 6.01. The topological polar surface area (TPSA) is 13.1 Å². The van der Waals surface area contributed by atoms with Crippen molar-refractivity contribution in [2.24, 2.45) is 0 Å². The maximum absolute atomic E-state index is 6.01. The highest BCUT2D eigenvalue weighted by Crippen LogP contribution is 2.28. The van der Waals surface area contributed by atoms with Crippen LogP contribution in [0.4, 0.5) is 0 Å². The first-order valence-corrected chi connectivity index (χ1v) is 7.71. The number of fused-ring (bicyclic) bond motifs is 1. The SMILES string of the molecule is C(=Cc1ccc2cc(-c3ccccc3)oc2c1)c1ccccc1. The zero-order valence-electron chi connectivity index (χ0n) is 12.6. The predicted molar refractivity (Wildman–Crippen MR) is 97.0 cm³/mol. The molecule has 0 saturated carbocycles. The fraction of sp³-hybridized carbons (Fsp3) is 0. The van der Waals surface area contributed by atoms with Gasteiger partial charge >= 0.3 is 0 Å². The Morgan fingerprint density at radius 2 is 1.30 bits per heavy atom. The quantitative estimate of drug-likeness (QED) is 0.406. The predicted octanol–water partition coefficient (Wildman–Crippen LogP) is 6.27. The van der Waals surface area contributed by atoms with Gasteiger partial charge in [-0.05, 0) is 23.3 Å². The molecule has 1 heteroatoms. The van der Waals surface area contributed by atoms with E-state index in [1.807, 2.05) is 36.4 Å². The molecule has 0 amide bonds. The molecule has 0 N–H and O–H groups in total. The van der Waals surface area contributed by atoms with Gasteiger partial charge in [0.2, 0.25) is 0 Å². The Bertz CT molecular complexity index is 947. The Hall–Kier alpha value is -3.06. The van der Waals surface area contributed by atoms with Crippen molar-refractivity contribution in [3.8, 4) is 11.3 Å². The standard InChI is InChI=1S/C22H16O/c1-3-7-17(8-4-1)11-12-18-13-14-20-16-22(23-21(20)15-18)19-9-5-2-6-10-19/h1-16H. The molecule has 0 bridgehead atoms. The Morgan fingerprint density at radius 3 is 2.09 bits per heavy atom. The van der Waals surface area contributed by atoms with Crippen LogP contribution in [-0.2, 0) is 0 Å². The van der Waals surface area contributed by atoms with E-state index in [4.69, 9.17) is 4.42 Å². The highest BCUT2D eigenvalue weighted by atomic mass is 16.3. The fourth-order valence-electron chi connectivity index (χ4n) is 2.65. The average molecular weight is 296 g/mol. The van der Waals surface area contributed by atoms with E-state index < -0.39 is 0 Å². The second-order valence-corrected chi connectivity index (χ2v) is 5.52. The molecule has 1 aromatic heterocycles. The van der Waals surface area contributed by atoms with Gasteiger partial charge in [0.1, 0.15) is 11.3 Å². The molecule has 0 aliphatic rings. The second-order valence-electron chi connectivity index (χ2n) is 5.52. The molecular formula is C22H16O. The largest absolute Gasteiger partial charge is 0.456 e. The summed E-state index contributed by atoms with van der Waals surface area (Å²) in [6, 6.07) is 28.9. The Kier molecular flexibility index (Phi) is 3.53. The Labute approximate surface area is 135 Å². The van der Waals surface area contributed by atoms with E-state index in [0.717, 1.165) is 27.9 Å². The van der Waals surface area contributed by atoms with Crippen molar-refractivity contribution in [2.75, 3.05) is 0 Å². The van der Waals surface area contributed by atoms with Crippen molar-refractivity contribution in [3.63, 3.8) is 0 Å². The van der Waals surface area contributed by atoms with Crippen molar-refractivity contribution in [3.05, 3.63) is 96.1 Å². The molecule has 4 rings (SSSR count). The Balaban J connectivity index is 1.67. The maximum atomic E-state index is 6.01. The van der Waals surface area contributed by atoms with Crippen molar-refractivity contribution < 1.29 is 4.42 Å². The maximum Gasteiger partial charge on any atom is 0.135 e. The molecule has 1 nitrogen and oxygen atoms in total. The second kappa shape index (κ2) is 5.98. The van der Waals surface area contributed by atoms with E-state index >= 15 is 0 Å². The van der Waals surface area contributed by atoms with Gasteiger partial charge in [0, 0.05) is 10.9 Å². The lowest BCUT2D eigenvalue weighted by molar-refractivity contribution is 0.631. The highest BCUT2D eigenvalue weighted by Gasteiger charge is 2.05. The summed E-state index contributed by atoms with van der Waals surface area (Å²) in [7, 11) is 0. The average Bonchev–Trinajstić information content (AvgIpc) is 3.05. The molecule has 0 spiro atoms. The van der Waals surface area contributed by atoms with Gasteiger partial charge in [0.15, 0.2) is 0 Å². The first-order chi connectivity index (χ1) is 11.4. The summed E-state index contributed by atoms with van der Waals surface area (Å²) in [5, 5.41) is 1.13. The summed E-state index contributed by atoms with van der Waals surface area (Å²) >= 11 is 0. The first-order valence-electron chi connectivity index (χ1n) is 7.71. The van der Waals surface area contributed by atoms with Crippen LogP contribution < -0.4 is 0 Å². The lowest BCUT2D eigenvalue weighted by Crippen LogP contribution is -1.72. The van der Waals surface area contributed by atoms with Crippen molar-refractivity contribution in [1.29, 1.82) is 0 Å². The summed E-state index contributed by atoms with van der Waals surface area (Å²) in [5.41, 5.74) is 4.34. The van der Waals surface area contributed by atoms with Gasteiger partial charge in [-0.2, -0.15) is 0 Å². The van der Waals surface area contributed by atoms with Gasteiger partial charge in [-0.1, -0.05) is 84.9 Å². The van der Waals surface area contributed by atoms with Crippen LogP contribution in [0.3, 0.4) is 0 Å². The van der Waals surface area contributed by atoms with Gasteiger partial charge in [-0.3, -0.25) is 0 Å². The van der Waals surface area contributed by atoms with Crippen LogP contribution in [0.25, 0.3) is 34.4 Å². The van der Waals surface area contributed by atoms with Gasteiger partial charge < -0.3 is 4.42 Å². The van der Waals surface area contributed by atoms with Crippen LogP contribution in [0.5, 0.6) is 0 Å². The van der Waals surface area contributed by atoms with Crippen molar-refractivity contribution >= 4 is 23.1 Å². The number of rotatable bonds is 3. The molecule has 0 aliphatic heterocycles. The van der Waals surface area contributed by atoms with Crippen molar-refractivity contribution in [1.82, 2.24) is 0 Å². The summed E-state index contributed by atoms with van der Waals surface area (Å²) in [6.07, 6.45) is 4.22. The fourth-order valence-corrected chi connectivity index (χ4v) is 2.65. The summed E-state index contributed by atoms with van der Waals surface area (Å²) in [6.45, 7) is 0. The third-order valence-electron chi connectivity index (χ3n) is 3.87. The Morgan fingerprint density at radius 1 is 0.609 bits per heavy atom. The number of hydrogen-bond donors (Lipinski definition) is 0. The number of benzene rings is 3. The van der Waals surface area contributed by atoms with E-state index in [9.17, 15) is 0 Å². The minimum absolute atomic E-state index is 0.907. The molecule has 110 valence electrons. The van der Waals surface area contributed by atoms with E-state index in [0.29, 0.717) is 0 Å². The molecule has 1 heterocycles. The van der Waals surface area contributed by atoms with E-state index in [1.165, 1.54) is 5.56 Å². The van der Waals surface area contributed by atoms with Crippen molar-refractivity contribution in [2.45, 2.75) is 0 Å². The monoisotopic (exact) mass is 296 g/mol. The van der Waals surface area contributed by atoms with Crippen LogP contribution in [-0.4, -0.2) is 0 Å². The molecule has 0 saturated heterocycles. The van der Waals surface area contributed by atoms with E-state index in [-0.39, 0.29) is 0 Å². The summed E-state index contributed by atoms with van der Waals surface area (Å²) in [4.78, 5) is 0. The minimum Gasteiger partial charge on any atom is -0.456 e. The zero-order chi connectivity index (χ0) is 15.5. The molecule has 0 fully saturated rings. The van der Waals surface area contributed by atoms with Gasteiger partial charge in [0.05, 0.1) is 0 Å². The molecular weight excluding hydrogens is 280 g/mol. The lowest BCUT2D eigenvalue weighted by Gasteiger charge is -1.95. The molecule has 0 radical (unpaired) electrons. The minimum atomic E-state index is 0.907.